The Bertz CT molecular complexity index is 1950. The molecule has 21 rings (SSSR count). The van der Waals surface area contributed by atoms with Gasteiger partial charge in [-0.3, -0.25) is 4.79 Å². The smallest absolute Gasteiger partial charge is 0.187 e. The number of aliphatic hydroxyl groups excluding tert-OH is 19. The van der Waals surface area contributed by atoms with Crippen molar-refractivity contribution in [1.82, 2.24) is 5.32 Å². The van der Waals surface area contributed by atoms with Gasteiger partial charge in [0, 0.05) is 6.54 Å². The number of carbonyl (C=O) groups is 1. The fourth-order valence-corrected chi connectivity index (χ4v) is 10.8. The molecule has 35 atom stereocenters. The fourth-order valence-electron chi connectivity index (χ4n) is 10.8. The maximum Gasteiger partial charge on any atom is 0.187 e. The van der Waals surface area contributed by atoms with E-state index in [-0.39, 0.29) is 12.3 Å². The molecule has 20 N–H and O–H groups in total. The van der Waals surface area contributed by atoms with Crippen LogP contribution in [-0.4, -0.2) is 364 Å². The van der Waals surface area contributed by atoms with Crippen LogP contribution in [-0.2, 0) is 71.1 Å². The van der Waals surface area contributed by atoms with Gasteiger partial charge in [-0.05, 0) is 13.8 Å². The van der Waals surface area contributed by atoms with Crippen molar-refractivity contribution in [2.75, 3.05) is 46.1 Å². The summed E-state index contributed by atoms with van der Waals surface area (Å²) in [5.41, 5.74) is 0. The second-order valence-electron chi connectivity index (χ2n) is 20.8. The summed E-state index contributed by atoms with van der Waals surface area (Å²) in [7, 11) is 0. The maximum absolute atomic E-state index is 11.9. The van der Waals surface area contributed by atoms with Crippen molar-refractivity contribution in [2.45, 2.75) is 229 Å². The van der Waals surface area contributed by atoms with E-state index in [1.807, 2.05) is 0 Å². The normalized spacial score (nSPS) is 53.7. The summed E-state index contributed by atoms with van der Waals surface area (Å²) < 4.78 is 80.9. The molecule has 21 saturated heterocycles. The lowest BCUT2D eigenvalue weighted by Crippen LogP contribution is -2.68. The van der Waals surface area contributed by atoms with Crippen LogP contribution >= 0.6 is 0 Å². The van der Waals surface area contributed by atoms with Crippen molar-refractivity contribution in [3.8, 4) is 0 Å². The van der Waals surface area contributed by atoms with E-state index >= 15 is 0 Å². The Kier molecular flexibility index (Phi) is 22.0. The van der Waals surface area contributed by atoms with Gasteiger partial charge in [0.1, 0.15) is 171 Å². The Morgan fingerprint density at radius 2 is 0.500 bits per heavy atom. The molecule has 21 heterocycles. The van der Waals surface area contributed by atoms with Gasteiger partial charge >= 0.3 is 0 Å². The Morgan fingerprint density at radius 3 is 0.738 bits per heavy atom. The van der Waals surface area contributed by atoms with Crippen LogP contribution in [0.4, 0.5) is 0 Å². The third-order valence-electron chi connectivity index (χ3n) is 15.3. The van der Waals surface area contributed by atoms with Gasteiger partial charge in [-0.1, -0.05) is 0 Å². The lowest BCUT2D eigenvalue weighted by atomic mass is 9.95. The van der Waals surface area contributed by atoms with E-state index in [1.54, 1.807) is 0 Å². The lowest BCUT2D eigenvalue weighted by molar-refractivity contribution is -0.395. The zero-order valence-electron chi connectivity index (χ0n) is 42.8. The number of carbonyl (C=O) groups excluding carboxylic acids is 1. The Labute approximate surface area is 453 Å². The molecule has 21 aliphatic heterocycles. The van der Waals surface area contributed by atoms with Crippen LogP contribution in [0.5, 0.6) is 0 Å². The number of aliphatic hydroxyl groups is 19. The van der Waals surface area contributed by atoms with Crippen molar-refractivity contribution >= 4 is 5.78 Å². The first kappa shape index (κ1) is 64.3. The first-order valence-electron chi connectivity index (χ1n) is 25.9. The highest BCUT2D eigenvalue weighted by Crippen LogP contribution is 2.39. The van der Waals surface area contributed by atoms with Gasteiger partial charge in [-0.2, -0.15) is 0 Å². The van der Waals surface area contributed by atoms with Crippen LogP contribution in [0.25, 0.3) is 0 Å². The minimum Gasteiger partial charge on any atom is -0.394 e. The Hall–Kier alpha value is -1.69. The second-order valence-corrected chi connectivity index (χ2v) is 20.8. The quantitative estimate of drug-likeness (QED) is 0.102. The second kappa shape index (κ2) is 27.3. The minimum atomic E-state index is -2.19. The molecule has 21 aliphatic rings. The molecule has 0 radical (unpaired) electrons. The number of ketones is 1. The average molecular weight is 1170 g/mol. The summed E-state index contributed by atoms with van der Waals surface area (Å²) in [4.78, 5) is 11.9. The predicted octanol–water partition coefficient (Wildman–Crippen LogP) is -14.0. The molecule has 0 amide bonds. The molecule has 0 spiro atoms. The highest BCUT2D eigenvalue weighted by Gasteiger charge is 2.59. The van der Waals surface area contributed by atoms with Gasteiger partial charge in [-0.15, -0.1) is 0 Å². The SMILES string of the molecule is CC(=O)CNCC1OC2OC3C(CO)OC(OC4C(CO)OC(OC5C(C)OC(OC6C(CO)OC(OC7C(CO)OC(OC8C(CO)OC(OC1C(O)C2O)C(O)C8O)C(O)C7O)C(O)C6O)C(O)C5O)C(O)C4O)C(O)C3O. The molecule has 0 saturated carbocycles. The van der Waals surface area contributed by atoms with E-state index in [0.717, 1.165) is 0 Å². The van der Waals surface area contributed by atoms with E-state index in [4.69, 9.17) is 66.3 Å². The third-order valence-corrected chi connectivity index (χ3v) is 15.3. The molecule has 35 unspecified atom stereocenters. The third kappa shape index (κ3) is 13.0. The molecule has 464 valence electrons. The van der Waals surface area contributed by atoms with Crippen molar-refractivity contribution in [3.05, 3.63) is 0 Å². The van der Waals surface area contributed by atoms with Crippen LogP contribution < -0.4 is 5.32 Å². The molecular weight excluding hydrogens is 1100 g/mol. The first-order chi connectivity index (χ1) is 38.0. The Morgan fingerprint density at radius 1 is 0.300 bits per heavy atom. The van der Waals surface area contributed by atoms with E-state index in [9.17, 15) is 102 Å². The van der Waals surface area contributed by atoms with E-state index in [0.29, 0.717) is 0 Å². The van der Waals surface area contributed by atoms with E-state index < -0.39 is 255 Å². The van der Waals surface area contributed by atoms with Crippen molar-refractivity contribution in [2.24, 2.45) is 0 Å². The molecule has 80 heavy (non-hydrogen) atoms. The summed E-state index contributed by atoms with van der Waals surface area (Å²) in [6.45, 7) is -3.28. The van der Waals surface area contributed by atoms with Crippen molar-refractivity contribution in [3.63, 3.8) is 0 Å². The van der Waals surface area contributed by atoms with Gasteiger partial charge in [0.25, 0.3) is 0 Å². The predicted molar refractivity (Wildman–Crippen MR) is 243 cm³/mol. The zero-order valence-corrected chi connectivity index (χ0v) is 42.8. The number of Topliss-reactive ketones (excluding diaryl/α,β-unsaturated/α-hetero) is 1. The van der Waals surface area contributed by atoms with Gasteiger partial charge < -0.3 is 169 Å². The summed E-state index contributed by atoms with van der Waals surface area (Å²) in [5.74, 6) is -0.380. The van der Waals surface area contributed by atoms with Crippen molar-refractivity contribution < 1.29 is 168 Å². The number of rotatable bonds is 9. The van der Waals surface area contributed by atoms with Crippen LogP contribution in [0.3, 0.4) is 0 Å². The molecule has 21 fully saturated rings. The summed E-state index contributed by atoms with van der Waals surface area (Å²) >= 11 is 0. The Balaban J connectivity index is 1.09. The number of hydrogen-bond donors (Lipinski definition) is 20. The standard InChI is InChI=1S/C45H75NO34/c1-10(52)3-46-4-12-33-19(54)26(61)40(68-12)77-35-15(7-49)72-44(30(65)23(35)58)78-36-14(6-48)69-41(27(62)20(36)55)74-32-11(2)67-39(25(60)18(32)53)76-34-13(5-47)71-43(29(64)21(34)56)80-38-17(9-51)73-45(31(66)24(38)59)79-37-16(8-50)70-42(75-33)28(63)22(37)57/h11-51,53-66H,3-9H2,1-2H3. The van der Waals surface area contributed by atoms with E-state index in [1.165, 1.54) is 13.8 Å². The average Bonchev–Trinajstić information content (AvgIpc) is 3.57. The molecular formula is C45H75NO34. The topological polar surface area (TPSA) is 543 Å². The number of ether oxygens (including phenoxy) is 14. The van der Waals surface area contributed by atoms with Gasteiger partial charge in [0.2, 0.25) is 0 Å². The van der Waals surface area contributed by atoms with E-state index in [2.05, 4.69) is 5.32 Å². The molecule has 35 heteroatoms. The first-order valence-corrected chi connectivity index (χ1v) is 25.9. The number of hydrogen-bond acceptors (Lipinski definition) is 35. The minimum absolute atomic E-state index is 0.295. The van der Waals surface area contributed by atoms with Gasteiger partial charge in [0.05, 0.1) is 45.7 Å². The monoisotopic (exact) mass is 1170 g/mol. The number of nitrogens with one attached hydrogen (secondary N) is 1. The van der Waals surface area contributed by atoms with Crippen LogP contribution in [0.2, 0.25) is 0 Å². The van der Waals surface area contributed by atoms with Crippen LogP contribution in [0, 0.1) is 0 Å². The molecule has 0 aromatic heterocycles. The fraction of sp³-hybridized carbons (Fsp3) is 0.978. The van der Waals surface area contributed by atoms with Crippen LogP contribution in [0.1, 0.15) is 13.8 Å². The summed E-state index contributed by atoms with van der Waals surface area (Å²) in [5, 5.41) is 214. The molecule has 0 aliphatic carbocycles. The largest absolute Gasteiger partial charge is 0.394 e. The van der Waals surface area contributed by atoms with Gasteiger partial charge in [-0.25, -0.2) is 0 Å². The molecule has 14 bridgehead atoms. The van der Waals surface area contributed by atoms with Crippen molar-refractivity contribution in [1.29, 1.82) is 0 Å². The molecule has 35 nitrogen and oxygen atoms in total. The maximum atomic E-state index is 11.9. The lowest BCUT2D eigenvalue weighted by Gasteiger charge is -2.50. The highest BCUT2D eigenvalue weighted by atomic mass is 16.8. The summed E-state index contributed by atoms with van der Waals surface area (Å²) in [6, 6.07) is 0. The highest BCUT2D eigenvalue weighted by molar-refractivity contribution is 5.77. The van der Waals surface area contributed by atoms with Gasteiger partial charge in [0.15, 0.2) is 44.0 Å². The van der Waals surface area contributed by atoms with Crippen LogP contribution in [0.15, 0.2) is 0 Å². The molecule has 0 aromatic carbocycles. The zero-order chi connectivity index (χ0) is 58.3. The molecule has 0 aromatic rings. The summed E-state index contributed by atoms with van der Waals surface area (Å²) in [6.07, 6.45) is -67.9.